The van der Waals surface area contributed by atoms with Gasteiger partial charge in [0, 0.05) is 39.3 Å². The van der Waals surface area contributed by atoms with E-state index in [0.29, 0.717) is 31.9 Å². The molecule has 2 fully saturated rings. The smallest absolute Gasteiger partial charge is 0.244 e. The molecular formula is C23H29N3O4S. The zero-order valence-electron chi connectivity index (χ0n) is 17.8. The van der Waals surface area contributed by atoms with E-state index in [2.05, 4.69) is 4.90 Å². The monoisotopic (exact) mass is 443 g/mol. The van der Waals surface area contributed by atoms with Crippen molar-refractivity contribution in [2.45, 2.75) is 23.8 Å². The average molecular weight is 444 g/mol. The van der Waals surface area contributed by atoms with Gasteiger partial charge in [-0.25, -0.2) is 8.42 Å². The van der Waals surface area contributed by atoms with E-state index in [1.807, 2.05) is 35.2 Å². The lowest BCUT2D eigenvalue weighted by molar-refractivity contribution is -0.136. The van der Waals surface area contributed by atoms with Crippen LogP contribution in [0, 0.1) is 0 Å². The van der Waals surface area contributed by atoms with Gasteiger partial charge in [0.15, 0.2) is 0 Å². The van der Waals surface area contributed by atoms with Gasteiger partial charge in [-0.05, 0) is 42.7 Å². The molecule has 2 aromatic carbocycles. The number of nitrogens with zero attached hydrogens (tertiary/aromatic N) is 3. The van der Waals surface area contributed by atoms with Gasteiger partial charge in [-0.2, -0.15) is 4.31 Å². The van der Waals surface area contributed by atoms with Gasteiger partial charge in [0.2, 0.25) is 15.9 Å². The Bertz CT molecular complexity index is 981. The van der Waals surface area contributed by atoms with Gasteiger partial charge in [0.25, 0.3) is 0 Å². The maximum absolute atomic E-state index is 13.3. The third-order valence-corrected chi connectivity index (χ3v) is 8.02. The molecule has 0 aromatic heterocycles. The summed E-state index contributed by atoms with van der Waals surface area (Å²) in [6.07, 6.45) is 2.09. The summed E-state index contributed by atoms with van der Waals surface area (Å²) >= 11 is 0. The van der Waals surface area contributed by atoms with Crippen molar-refractivity contribution in [3.8, 4) is 5.75 Å². The van der Waals surface area contributed by atoms with Crippen LogP contribution in [-0.4, -0.2) is 74.8 Å². The molecule has 0 unspecified atom stereocenters. The maximum Gasteiger partial charge on any atom is 0.244 e. The molecule has 2 saturated heterocycles. The third kappa shape index (κ3) is 4.61. The van der Waals surface area contributed by atoms with E-state index in [4.69, 9.17) is 4.74 Å². The largest absolute Gasteiger partial charge is 0.497 e. The van der Waals surface area contributed by atoms with E-state index in [1.165, 1.54) is 4.31 Å². The van der Waals surface area contributed by atoms with Crippen LogP contribution in [0.25, 0.3) is 0 Å². The quantitative estimate of drug-likeness (QED) is 0.686. The lowest BCUT2D eigenvalue weighted by Crippen LogP contribution is -2.52. The summed E-state index contributed by atoms with van der Waals surface area (Å²) in [7, 11) is -2.03. The summed E-state index contributed by atoms with van der Waals surface area (Å²) in [5, 5.41) is 0. The fourth-order valence-electron chi connectivity index (χ4n) is 4.35. The Labute approximate surface area is 184 Å². The second kappa shape index (κ2) is 9.38. The normalized spacial score (nSPS) is 19.3. The van der Waals surface area contributed by atoms with Crippen LogP contribution in [0.15, 0.2) is 59.5 Å². The van der Waals surface area contributed by atoms with Crippen LogP contribution in [0.2, 0.25) is 0 Å². The first kappa shape index (κ1) is 21.8. The number of hydrogen-bond donors (Lipinski definition) is 0. The van der Waals surface area contributed by atoms with Crippen LogP contribution >= 0.6 is 0 Å². The molecule has 2 aliphatic rings. The minimum Gasteiger partial charge on any atom is -0.497 e. The van der Waals surface area contributed by atoms with Gasteiger partial charge >= 0.3 is 0 Å². The van der Waals surface area contributed by atoms with Crippen molar-refractivity contribution >= 4 is 15.9 Å². The molecule has 31 heavy (non-hydrogen) atoms. The minimum atomic E-state index is -3.58. The van der Waals surface area contributed by atoms with Gasteiger partial charge in [-0.15, -0.1) is 0 Å². The van der Waals surface area contributed by atoms with Crippen LogP contribution in [0.3, 0.4) is 0 Å². The summed E-state index contributed by atoms with van der Waals surface area (Å²) in [6.45, 7) is 3.32. The molecule has 4 rings (SSSR count). The predicted octanol–water partition coefficient (Wildman–Crippen LogP) is 2.37. The van der Waals surface area contributed by atoms with Gasteiger partial charge < -0.3 is 9.64 Å². The van der Waals surface area contributed by atoms with Crippen molar-refractivity contribution in [1.82, 2.24) is 14.1 Å². The van der Waals surface area contributed by atoms with Gasteiger partial charge in [-0.3, -0.25) is 9.69 Å². The SMILES string of the molecule is COc1ccc(S(=O)(=O)N2CCN([C@@H](C(=O)N3CCCC3)c3ccccc3)CC2)cc1. The fraction of sp³-hybridized carbons (Fsp3) is 0.435. The second-order valence-corrected chi connectivity index (χ2v) is 9.90. The molecule has 0 spiro atoms. The number of amides is 1. The van der Waals surface area contributed by atoms with Crippen molar-refractivity contribution in [3.05, 3.63) is 60.2 Å². The molecule has 2 aromatic rings. The average Bonchev–Trinajstić information content (AvgIpc) is 3.35. The Morgan fingerprint density at radius 1 is 0.871 bits per heavy atom. The number of ether oxygens (including phenoxy) is 1. The lowest BCUT2D eigenvalue weighted by Gasteiger charge is -2.39. The first-order valence-corrected chi connectivity index (χ1v) is 12.2. The number of hydrogen-bond acceptors (Lipinski definition) is 5. The lowest BCUT2D eigenvalue weighted by atomic mass is 10.0. The molecule has 0 bridgehead atoms. The zero-order valence-corrected chi connectivity index (χ0v) is 18.6. The van der Waals surface area contributed by atoms with Crippen LogP contribution < -0.4 is 4.74 Å². The summed E-state index contributed by atoms with van der Waals surface area (Å²) in [6, 6.07) is 15.9. The number of rotatable bonds is 6. The topological polar surface area (TPSA) is 70.2 Å². The highest BCUT2D eigenvalue weighted by atomic mass is 32.2. The number of piperazine rings is 1. The molecule has 2 heterocycles. The highest BCUT2D eigenvalue weighted by Gasteiger charge is 2.36. The summed E-state index contributed by atoms with van der Waals surface area (Å²) in [5.74, 6) is 0.741. The van der Waals surface area contributed by atoms with E-state index in [-0.39, 0.29) is 16.8 Å². The first-order valence-electron chi connectivity index (χ1n) is 10.7. The van der Waals surface area contributed by atoms with E-state index in [1.54, 1.807) is 31.4 Å². The minimum absolute atomic E-state index is 0.121. The molecule has 1 amide bonds. The van der Waals surface area contributed by atoms with Crippen molar-refractivity contribution in [3.63, 3.8) is 0 Å². The number of benzene rings is 2. The van der Waals surface area contributed by atoms with E-state index in [0.717, 1.165) is 31.5 Å². The number of carbonyl (C=O) groups is 1. The molecule has 0 N–H and O–H groups in total. The number of likely N-dealkylation sites (tertiary alicyclic amines) is 1. The molecule has 7 nitrogen and oxygen atoms in total. The predicted molar refractivity (Wildman–Crippen MR) is 118 cm³/mol. The zero-order chi connectivity index (χ0) is 21.8. The molecule has 2 aliphatic heterocycles. The first-order chi connectivity index (χ1) is 15.0. The molecule has 8 heteroatoms. The van der Waals surface area contributed by atoms with Gasteiger partial charge in [0.1, 0.15) is 11.8 Å². The van der Waals surface area contributed by atoms with Crippen LogP contribution in [-0.2, 0) is 14.8 Å². The van der Waals surface area contributed by atoms with E-state index < -0.39 is 10.0 Å². The number of sulfonamides is 1. The van der Waals surface area contributed by atoms with Crippen LogP contribution in [0.5, 0.6) is 5.75 Å². The van der Waals surface area contributed by atoms with Crippen molar-refractivity contribution in [2.75, 3.05) is 46.4 Å². The summed E-state index contributed by atoms with van der Waals surface area (Å²) < 4.78 is 32.8. The van der Waals surface area contributed by atoms with Gasteiger partial charge in [0.05, 0.1) is 12.0 Å². The van der Waals surface area contributed by atoms with Crippen molar-refractivity contribution in [2.24, 2.45) is 0 Å². The summed E-state index contributed by atoms with van der Waals surface area (Å²) in [5.41, 5.74) is 0.964. The van der Waals surface area contributed by atoms with E-state index >= 15 is 0 Å². The van der Waals surface area contributed by atoms with Crippen molar-refractivity contribution in [1.29, 1.82) is 0 Å². The highest BCUT2D eigenvalue weighted by Crippen LogP contribution is 2.28. The van der Waals surface area contributed by atoms with E-state index in [9.17, 15) is 13.2 Å². The Morgan fingerprint density at radius 2 is 1.48 bits per heavy atom. The standard InChI is InChI=1S/C23H29N3O4S/c1-30-20-9-11-21(12-10-20)31(28,29)26-17-15-24(16-18-26)22(19-7-3-2-4-8-19)23(27)25-13-5-6-14-25/h2-4,7-12,22H,5-6,13-18H2,1H3/t22-/m1/s1. The van der Waals surface area contributed by atoms with Gasteiger partial charge in [-0.1, -0.05) is 30.3 Å². The Morgan fingerprint density at radius 3 is 2.06 bits per heavy atom. The Balaban J connectivity index is 1.50. The highest BCUT2D eigenvalue weighted by molar-refractivity contribution is 7.89. The summed E-state index contributed by atoms with van der Waals surface area (Å²) in [4.78, 5) is 17.7. The fourth-order valence-corrected chi connectivity index (χ4v) is 5.78. The maximum atomic E-state index is 13.3. The molecule has 1 atom stereocenters. The number of methoxy groups -OCH3 is 1. The Hall–Kier alpha value is -2.42. The Kier molecular flexibility index (Phi) is 6.60. The van der Waals surface area contributed by atoms with Crippen molar-refractivity contribution < 1.29 is 17.9 Å². The second-order valence-electron chi connectivity index (χ2n) is 7.96. The molecule has 0 saturated carbocycles. The van der Waals surface area contributed by atoms with Crippen LogP contribution in [0.1, 0.15) is 24.4 Å². The molecule has 0 radical (unpaired) electrons. The third-order valence-electron chi connectivity index (χ3n) is 6.10. The molecule has 166 valence electrons. The molecular weight excluding hydrogens is 414 g/mol. The number of carbonyl (C=O) groups excluding carboxylic acids is 1. The molecule has 0 aliphatic carbocycles. The van der Waals surface area contributed by atoms with Crippen LogP contribution in [0.4, 0.5) is 0 Å².